The number of nitrogens with zero attached hydrogens (tertiary/aromatic N) is 2. The number of carbonyl (C=O) groups is 2. The molecule has 1 aliphatic heterocycles. The van der Waals surface area contributed by atoms with Crippen LogP contribution in [0.4, 0.5) is 0 Å². The Morgan fingerprint density at radius 3 is 2.24 bits per heavy atom. The predicted octanol–water partition coefficient (Wildman–Crippen LogP) is 2.09. The molecule has 2 rings (SSSR count). The number of piperazine rings is 1. The minimum absolute atomic E-state index is 0.0568. The summed E-state index contributed by atoms with van der Waals surface area (Å²) in [6.07, 6.45) is 4.09. The third-order valence-electron chi connectivity index (χ3n) is 3.86. The van der Waals surface area contributed by atoms with E-state index in [0.29, 0.717) is 19.6 Å². The maximum absolute atomic E-state index is 12.1. The molecule has 1 aromatic carbocycles. The number of imide groups is 1. The zero-order valence-electron chi connectivity index (χ0n) is 12.8. The van der Waals surface area contributed by atoms with Gasteiger partial charge in [-0.1, -0.05) is 50.1 Å². The van der Waals surface area contributed by atoms with Gasteiger partial charge in [-0.3, -0.25) is 19.4 Å². The second-order valence-electron chi connectivity index (χ2n) is 5.59. The van der Waals surface area contributed by atoms with Crippen LogP contribution in [-0.4, -0.2) is 47.8 Å². The normalized spacial score (nSPS) is 16.5. The third-order valence-corrected chi connectivity index (χ3v) is 3.86. The Morgan fingerprint density at radius 2 is 1.62 bits per heavy atom. The van der Waals surface area contributed by atoms with Crippen LogP contribution in [0, 0.1) is 0 Å². The van der Waals surface area contributed by atoms with Gasteiger partial charge in [-0.25, -0.2) is 0 Å². The maximum Gasteiger partial charge on any atom is 0.243 e. The molecule has 0 aliphatic carbocycles. The fourth-order valence-corrected chi connectivity index (χ4v) is 2.63. The summed E-state index contributed by atoms with van der Waals surface area (Å²) in [5.74, 6) is -0.114. The van der Waals surface area contributed by atoms with Crippen LogP contribution >= 0.6 is 0 Å². The highest BCUT2D eigenvalue weighted by Gasteiger charge is 2.30. The molecular weight excluding hydrogens is 264 g/mol. The average Bonchev–Trinajstić information content (AvgIpc) is 2.48. The highest BCUT2D eigenvalue weighted by Crippen LogP contribution is 2.09. The van der Waals surface area contributed by atoms with Crippen molar-refractivity contribution < 1.29 is 9.59 Å². The van der Waals surface area contributed by atoms with Gasteiger partial charge in [-0.05, 0) is 24.9 Å². The van der Waals surface area contributed by atoms with Crippen LogP contribution in [0.15, 0.2) is 30.3 Å². The molecule has 1 fully saturated rings. The van der Waals surface area contributed by atoms with Gasteiger partial charge >= 0.3 is 0 Å². The first-order chi connectivity index (χ1) is 10.2. The largest absolute Gasteiger partial charge is 0.285 e. The molecule has 0 radical (unpaired) electrons. The molecule has 0 aromatic heterocycles. The molecule has 1 saturated heterocycles. The lowest BCUT2D eigenvalue weighted by molar-refractivity contribution is -0.151. The van der Waals surface area contributed by atoms with E-state index in [-0.39, 0.29) is 11.8 Å². The summed E-state index contributed by atoms with van der Waals surface area (Å²) in [6.45, 7) is 4.24. The number of unbranched alkanes of at least 4 members (excludes halogenated alkanes) is 2. The predicted molar refractivity (Wildman–Crippen MR) is 82.8 cm³/mol. The van der Waals surface area contributed by atoms with Crippen molar-refractivity contribution in [3.05, 3.63) is 35.9 Å². The Balaban J connectivity index is 1.82. The van der Waals surface area contributed by atoms with Gasteiger partial charge in [-0.15, -0.1) is 0 Å². The topological polar surface area (TPSA) is 40.6 Å². The minimum atomic E-state index is -0.0568. The van der Waals surface area contributed by atoms with Gasteiger partial charge in [0.25, 0.3) is 0 Å². The van der Waals surface area contributed by atoms with Crippen molar-refractivity contribution in [2.24, 2.45) is 0 Å². The Hall–Kier alpha value is -1.68. The quantitative estimate of drug-likeness (QED) is 0.570. The SMILES string of the molecule is CCCCCN1CC(=O)N(CCc2ccccc2)C(=O)C1. The Kier molecular flexibility index (Phi) is 5.93. The van der Waals surface area contributed by atoms with Crippen LogP contribution in [-0.2, 0) is 16.0 Å². The van der Waals surface area contributed by atoms with Crippen molar-refractivity contribution in [2.45, 2.75) is 32.6 Å². The highest BCUT2D eigenvalue weighted by molar-refractivity contribution is 5.99. The van der Waals surface area contributed by atoms with E-state index in [2.05, 4.69) is 6.92 Å². The monoisotopic (exact) mass is 288 g/mol. The zero-order chi connectivity index (χ0) is 15.1. The smallest absolute Gasteiger partial charge is 0.243 e. The molecule has 0 N–H and O–H groups in total. The first-order valence-electron chi connectivity index (χ1n) is 7.80. The van der Waals surface area contributed by atoms with Crippen LogP contribution < -0.4 is 0 Å². The molecule has 21 heavy (non-hydrogen) atoms. The second-order valence-corrected chi connectivity index (χ2v) is 5.59. The molecule has 114 valence electrons. The molecule has 4 heteroatoms. The van der Waals surface area contributed by atoms with Crippen LogP contribution in [0.2, 0.25) is 0 Å². The van der Waals surface area contributed by atoms with Gasteiger partial charge in [0.2, 0.25) is 11.8 Å². The van der Waals surface area contributed by atoms with Gasteiger partial charge in [0, 0.05) is 6.54 Å². The second kappa shape index (κ2) is 7.93. The summed E-state index contributed by atoms with van der Waals surface area (Å²) >= 11 is 0. The molecule has 4 nitrogen and oxygen atoms in total. The molecule has 1 aliphatic rings. The Bertz CT molecular complexity index is 455. The lowest BCUT2D eigenvalue weighted by Crippen LogP contribution is -2.54. The highest BCUT2D eigenvalue weighted by atomic mass is 16.2. The van der Waals surface area contributed by atoms with E-state index in [1.54, 1.807) is 0 Å². The molecule has 2 amide bonds. The van der Waals surface area contributed by atoms with E-state index in [1.165, 1.54) is 4.90 Å². The van der Waals surface area contributed by atoms with Crippen LogP contribution in [0.1, 0.15) is 31.7 Å². The maximum atomic E-state index is 12.1. The van der Waals surface area contributed by atoms with Crippen LogP contribution in [0.25, 0.3) is 0 Å². The summed E-state index contributed by atoms with van der Waals surface area (Å²) in [6, 6.07) is 9.97. The molecule has 0 unspecified atom stereocenters. The number of amides is 2. The number of carbonyl (C=O) groups excluding carboxylic acids is 2. The molecule has 0 bridgehead atoms. The van der Waals surface area contributed by atoms with Crippen molar-refractivity contribution >= 4 is 11.8 Å². The van der Waals surface area contributed by atoms with E-state index in [9.17, 15) is 9.59 Å². The van der Waals surface area contributed by atoms with Crippen molar-refractivity contribution in [3.63, 3.8) is 0 Å². The van der Waals surface area contributed by atoms with Gasteiger partial charge in [0.1, 0.15) is 0 Å². The molecule has 0 saturated carbocycles. The van der Waals surface area contributed by atoms with Crippen molar-refractivity contribution in [2.75, 3.05) is 26.2 Å². The van der Waals surface area contributed by atoms with Crippen LogP contribution in [0.5, 0.6) is 0 Å². The fourth-order valence-electron chi connectivity index (χ4n) is 2.63. The fraction of sp³-hybridized carbons (Fsp3) is 0.529. The molecule has 0 atom stereocenters. The number of hydrogen-bond donors (Lipinski definition) is 0. The van der Waals surface area contributed by atoms with E-state index >= 15 is 0 Å². The molecular formula is C17H24N2O2. The minimum Gasteiger partial charge on any atom is -0.285 e. The molecule has 0 spiro atoms. The number of benzene rings is 1. The van der Waals surface area contributed by atoms with Crippen LogP contribution in [0.3, 0.4) is 0 Å². The Labute approximate surface area is 126 Å². The van der Waals surface area contributed by atoms with Gasteiger partial charge in [0.15, 0.2) is 0 Å². The summed E-state index contributed by atoms with van der Waals surface area (Å²) in [7, 11) is 0. The standard InChI is InChI=1S/C17H24N2O2/c1-2-3-7-11-18-13-16(20)19(17(21)14-18)12-10-15-8-5-4-6-9-15/h4-6,8-9H,2-3,7,10-14H2,1H3. The summed E-state index contributed by atoms with van der Waals surface area (Å²) in [5.41, 5.74) is 1.16. The Morgan fingerprint density at radius 1 is 0.952 bits per heavy atom. The lowest BCUT2D eigenvalue weighted by Gasteiger charge is -2.32. The lowest BCUT2D eigenvalue weighted by atomic mass is 10.1. The third kappa shape index (κ3) is 4.67. The van der Waals surface area contributed by atoms with E-state index in [1.807, 2.05) is 35.2 Å². The summed E-state index contributed by atoms with van der Waals surface area (Å²) in [5, 5.41) is 0. The van der Waals surface area contributed by atoms with Gasteiger partial charge in [0.05, 0.1) is 13.1 Å². The van der Waals surface area contributed by atoms with Gasteiger partial charge in [-0.2, -0.15) is 0 Å². The van der Waals surface area contributed by atoms with Crippen molar-refractivity contribution in [3.8, 4) is 0 Å². The van der Waals surface area contributed by atoms with Crippen molar-refractivity contribution in [1.82, 2.24) is 9.80 Å². The summed E-state index contributed by atoms with van der Waals surface area (Å²) in [4.78, 5) is 27.7. The van der Waals surface area contributed by atoms with Gasteiger partial charge < -0.3 is 0 Å². The van der Waals surface area contributed by atoms with E-state index in [4.69, 9.17) is 0 Å². The summed E-state index contributed by atoms with van der Waals surface area (Å²) < 4.78 is 0. The molecule has 1 heterocycles. The first-order valence-corrected chi connectivity index (χ1v) is 7.80. The van der Waals surface area contributed by atoms with Crippen molar-refractivity contribution in [1.29, 1.82) is 0 Å². The average molecular weight is 288 g/mol. The number of hydrogen-bond acceptors (Lipinski definition) is 3. The van der Waals surface area contributed by atoms with E-state index < -0.39 is 0 Å². The number of rotatable bonds is 7. The zero-order valence-corrected chi connectivity index (χ0v) is 12.8. The first kappa shape index (κ1) is 15.7. The van der Waals surface area contributed by atoms with E-state index in [0.717, 1.165) is 37.8 Å². The molecule has 1 aromatic rings.